The number of nitrogens with zero attached hydrogens (tertiary/aromatic N) is 4. The van der Waals surface area contributed by atoms with Gasteiger partial charge in [0.15, 0.2) is 11.5 Å². The van der Waals surface area contributed by atoms with Gasteiger partial charge in [-0.15, -0.1) is 0 Å². The molecule has 1 aliphatic rings. The number of imidazole rings is 1. The van der Waals surface area contributed by atoms with Gasteiger partial charge >= 0.3 is 23.5 Å². The Morgan fingerprint density at radius 1 is 1.19 bits per heavy atom. The number of aromatic nitrogens is 4. The van der Waals surface area contributed by atoms with Crippen LogP contribution in [0.15, 0.2) is 12.7 Å². The van der Waals surface area contributed by atoms with Crippen molar-refractivity contribution in [1.82, 2.24) is 19.5 Å². The van der Waals surface area contributed by atoms with Crippen molar-refractivity contribution in [3.8, 4) is 0 Å². The fraction of sp³-hybridized carbons (Fsp3) is 0.500. The Labute approximate surface area is 180 Å². The lowest BCUT2D eigenvalue weighted by molar-refractivity contribution is -0.0566. The van der Waals surface area contributed by atoms with Crippen molar-refractivity contribution in [1.29, 1.82) is 0 Å². The summed E-state index contributed by atoms with van der Waals surface area (Å²) in [5, 5.41) is 10.3. The summed E-state index contributed by atoms with van der Waals surface area (Å²) in [7, 11) is -16.5. The van der Waals surface area contributed by atoms with Gasteiger partial charge in [-0.3, -0.25) is 9.09 Å². The maximum atomic E-state index is 11.8. The van der Waals surface area contributed by atoms with Gasteiger partial charge in [0.2, 0.25) is 4.63 Å². The third-order valence-electron chi connectivity index (χ3n) is 3.76. The Balaban J connectivity index is 1.70. The van der Waals surface area contributed by atoms with Gasteiger partial charge in [-0.05, 0) is 15.9 Å². The molecule has 0 amide bonds. The van der Waals surface area contributed by atoms with Crippen molar-refractivity contribution in [3.63, 3.8) is 0 Å². The van der Waals surface area contributed by atoms with Crippen LogP contribution in [0.25, 0.3) is 11.2 Å². The van der Waals surface area contributed by atoms with E-state index in [4.69, 9.17) is 25.2 Å². The van der Waals surface area contributed by atoms with Crippen molar-refractivity contribution in [2.45, 2.75) is 23.3 Å². The first kappa shape index (κ1) is 24.8. The lowest BCUT2D eigenvalue weighted by Crippen LogP contribution is -2.28. The topological polar surface area (TPSA) is 259 Å². The average Bonchev–Trinajstić information content (AvgIpc) is 3.12. The highest BCUT2D eigenvalue weighted by Gasteiger charge is 2.48. The summed E-state index contributed by atoms with van der Waals surface area (Å²) in [6.45, 7) is -0.831. The molecule has 7 N–H and O–H groups in total. The molecule has 3 heterocycles. The van der Waals surface area contributed by atoms with Gasteiger partial charge in [0.25, 0.3) is 0 Å². The highest BCUT2D eigenvalue weighted by atomic mass is 79.9. The molecule has 2 aromatic heterocycles. The van der Waals surface area contributed by atoms with Crippen molar-refractivity contribution in [2.75, 3.05) is 12.3 Å². The summed E-state index contributed by atoms with van der Waals surface area (Å²) in [6, 6.07) is 0. The number of phosphoric acid groups is 3. The molecule has 5 atom stereocenters. The second kappa shape index (κ2) is 8.50. The van der Waals surface area contributed by atoms with Gasteiger partial charge in [-0.2, -0.15) is 8.62 Å². The maximum Gasteiger partial charge on any atom is 0.490 e. The van der Waals surface area contributed by atoms with E-state index in [-0.39, 0.29) is 23.4 Å². The molecule has 1 fully saturated rings. The molecule has 1 aliphatic heterocycles. The number of nitrogens with two attached hydrogens (primary N) is 1. The van der Waals surface area contributed by atoms with E-state index in [9.17, 15) is 23.7 Å². The second-order valence-corrected chi connectivity index (χ2v) is 11.7. The van der Waals surface area contributed by atoms with Crippen molar-refractivity contribution in [3.05, 3.63) is 12.7 Å². The zero-order valence-corrected chi connectivity index (χ0v) is 19.2. The summed E-state index contributed by atoms with van der Waals surface area (Å²) in [5.74, 6) is 0.0996. The number of nitrogen functional groups attached to an aromatic ring is 1. The highest BCUT2D eigenvalue weighted by molar-refractivity contribution is 9.09. The maximum absolute atomic E-state index is 11.8. The van der Waals surface area contributed by atoms with E-state index in [0.29, 0.717) is 0 Å². The molecule has 21 heteroatoms. The Morgan fingerprint density at radius 2 is 1.87 bits per heavy atom. The van der Waals surface area contributed by atoms with Crippen LogP contribution in [0, 0.1) is 0 Å². The van der Waals surface area contributed by atoms with Crippen LogP contribution >= 0.6 is 39.4 Å². The zero-order valence-electron chi connectivity index (χ0n) is 14.9. The SMILES string of the molecule is Nc1ncnc2c1ncn2[C@@]1(Br)C[C@H](O)[C@@H](COP(=O)(O)OP(=O)(O)OP(=O)(O)O)O1. The van der Waals surface area contributed by atoms with Gasteiger partial charge < -0.3 is 35.2 Å². The Morgan fingerprint density at radius 3 is 2.52 bits per heavy atom. The normalized spacial score (nSPS) is 28.5. The molecule has 2 unspecified atom stereocenters. The number of hydrogen-bond donors (Lipinski definition) is 6. The molecular weight excluding hydrogens is 555 g/mol. The van der Waals surface area contributed by atoms with Crippen LogP contribution in [0.3, 0.4) is 0 Å². The zero-order chi connectivity index (χ0) is 23.2. The van der Waals surface area contributed by atoms with Crippen LogP contribution in [0.1, 0.15) is 6.42 Å². The fourth-order valence-corrected chi connectivity index (χ4v) is 6.48. The summed E-state index contributed by atoms with van der Waals surface area (Å²) in [5.41, 5.74) is 6.24. The quantitative estimate of drug-likeness (QED) is 0.179. The number of anilines is 1. The number of rotatable bonds is 8. The van der Waals surface area contributed by atoms with E-state index in [0.717, 1.165) is 0 Å². The van der Waals surface area contributed by atoms with Gasteiger partial charge in [0, 0.05) is 6.42 Å². The van der Waals surface area contributed by atoms with Crippen molar-refractivity contribution < 1.29 is 56.3 Å². The summed E-state index contributed by atoms with van der Waals surface area (Å²) in [6.07, 6.45) is -0.164. The van der Waals surface area contributed by atoms with Crippen LogP contribution in [0.4, 0.5) is 5.82 Å². The molecule has 1 saturated heterocycles. The molecular formula is C10H15BrN5O12P3. The third kappa shape index (κ3) is 5.94. The molecule has 0 spiro atoms. The Kier molecular flexibility index (Phi) is 6.80. The molecule has 0 aliphatic carbocycles. The predicted octanol–water partition coefficient (Wildman–Crippen LogP) is -0.0932. The number of hydrogen-bond acceptors (Lipinski definition) is 12. The first-order chi connectivity index (χ1) is 14.1. The Hall–Kier alpha value is -0.840. The molecule has 3 rings (SSSR count). The number of halogens is 1. The van der Waals surface area contributed by atoms with Crippen LogP contribution in [-0.4, -0.2) is 63.0 Å². The van der Waals surface area contributed by atoms with E-state index in [1.165, 1.54) is 17.2 Å². The minimum atomic E-state index is -5.66. The Bertz CT molecular complexity index is 1130. The van der Waals surface area contributed by atoms with Crippen LogP contribution in [0.2, 0.25) is 0 Å². The predicted molar refractivity (Wildman–Crippen MR) is 102 cm³/mol. The number of aliphatic hydroxyl groups is 1. The van der Waals surface area contributed by atoms with E-state index >= 15 is 0 Å². The minimum Gasteiger partial charge on any atom is -0.390 e. The molecule has 0 bridgehead atoms. The van der Waals surface area contributed by atoms with Gasteiger partial charge in [0.05, 0.1) is 12.7 Å². The van der Waals surface area contributed by atoms with E-state index in [2.05, 4.69) is 44.0 Å². The molecule has 0 aromatic carbocycles. The molecule has 0 saturated carbocycles. The van der Waals surface area contributed by atoms with E-state index < -0.39 is 46.9 Å². The summed E-state index contributed by atoms with van der Waals surface area (Å²) < 4.78 is 51.1. The third-order valence-corrected chi connectivity index (χ3v) is 8.46. The summed E-state index contributed by atoms with van der Waals surface area (Å²) in [4.78, 5) is 47.6. The number of aliphatic hydroxyl groups excluding tert-OH is 1. The average molecular weight is 570 g/mol. The standard InChI is InChI=1S/C10H15BrN5O12P3/c11-10(16-4-15-7-8(12)13-3-14-9(7)16)1-5(17)6(26-10)2-25-30(21,22)28-31(23,24)27-29(18,19)20/h3-6,17H,1-2H2,(H,21,22)(H,23,24)(H2,12,13,14)(H2,18,19,20)/t5-,6+,10-/m0/s1. The smallest absolute Gasteiger partial charge is 0.390 e. The number of ether oxygens (including phenoxy) is 1. The monoisotopic (exact) mass is 569 g/mol. The second-order valence-electron chi connectivity index (χ2n) is 6.05. The number of phosphoric ester groups is 1. The lowest BCUT2D eigenvalue weighted by Gasteiger charge is -2.24. The van der Waals surface area contributed by atoms with Crippen LogP contribution in [0.5, 0.6) is 0 Å². The number of alkyl halides is 1. The molecule has 2 aromatic rings. The summed E-state index contributed by atoms with van der Waals surface area (Å²) >= 11 is 3.29. The van der Waals surface area contributed by atoms with E-state index in [1.54, 1.807) is 0 Å². The lowest BCUT2D eigenvalue weighted by atomic mass is 10.2. The first-order valence-electron chi connectivity index (χ1n) is 7.88. The van der Waals surface area contributed by atoms with E-state index in [1.807, 2.05) is 0 Å². The van der Waals surface area contributed by atoms with Crippen molar-refractivity contribution in [2.24, 2.45) is 0 Å². The highest BCUT2D eigenvalue weighted by Crippen LogP contribution is 2.66. The first-order valence-corrected chi connectivity index (χ1v) is 13.2. The van der Waals surface area contributed by atoms with Gasteiger partial charge in [-0.25, -0.2) is 28.6 Å². The largest absolute Gasteiger partial charge is 0.490 e. The van der Waals surface area contributed by atoms with Crippen LogP contribution in [-0.2, 0) is 36.2 Å². The molecule has 31 heavy (non-hydrogen) atoms. The minimum absolute atomic E-state index is 0.0996. The van der Waals surface area contributed by atoms with Gasteiger partial charge in [0.1, 0.15) is 24.3 Å². The fourth-order valence-electron chi connectivity index (χ4n) is 2.62. The molecule has 0 radical (unpaired) electrons. The van der Waals surface area contributed by atoms with Gasteiger partial charge in [-0.1, -0.05) is 0 Å². The molecule has 17 nitrogen and oxygen atoms in total. The molecule has 174 valence electrons. The van der Waals surface area contributed by atoms with Crippen molar-refractivity contribution >= 4 is 56.4 Å². The number of fused-ring (bicyclic) bond motifs is 1. The van der Waals surface area contributed by atoms with Crippen LogP contribution < -0.4 is 5.73 Å².